The van der Waals surface area contributed by atoms with Crippen LogP contribution in [0.15, 0.2) is 18.2 Å². The number of hydrogen-bond donors (Lipinski definition) is 3. The minimum absolute atomic E-state index is 0.0726. The van der Waals surface area contributed by atoms with Gasteiger partial charge in [-0.15, -0.1) is 0 Å². The number of nitrogens with zero attached hydrogens (tertiary/aromatic N) is 1. The molecule has 24 heavy (non-hydrogen) atoms. The maximum absolute atomic E-state index is 12.5. The number of aromatic amines is 1. The van der Waals surface area contributed by atoms with Crippen LogP contribution in [0.5, 0.6) is 0 Å². The monoisotopic (exact) mass is 328 g/mol. The molecule has 1 aliphatic heterocycles. The van der Waals surface area contributed by atoms with Crippen LogP contribution in [0.2, 0.25) is 0 Å². The molecule has 1 aromatic carbocycles. The lowest BCUT2D eigenvalue weighted by molar-refractivity contribution is -0.119. The minimum Gasteiger partial charge on any atom is -0.369 e. The number of H-pyrrole nitrogens is 1. The summed E-state index contributed by atoms with van der Waals surface area (Å²) in [6, 6.07) is 6.23. The van der Waals surface area contributed by atoms with Gasteiger partial charge in [-0.2, -0.15) is 0 Å². The number of nitrogens with one attached hydrogen (secondary N) is 2. The first-order chi connectivity index (χ1) is 11.4. The van der Waals surface area contributed by atoms with Crippen LogP contribution in [-0.4, -0.2) is 47.4 Å². The van der Waals surface area contributed by atoms with Gasteiger partial charge in [0.15, 0.2) is 0 Å². The summed E-state index contributed by atoms with van der Waals surface area (Å²) < 4.78 is 0. The number of amides is 2. The molecule has 1 saturated heterocycles. The lowest BCUT2D eigenvalue weighted by Gasteiger charge is -2.31. The molecule has 0 aliphatic carbocycles. The third-order valence-electron chi connectivity index (χ3n) is 4.64. The van der Waals surface area contributed by atoms with E-state index in [4.69, 9.17) is 5.73 Å². The minimum atomic E-state index is -0.304. The van der Waals surface area contributed by atoms with Crippen molar-refractivity contribution < 1.29 is 9.59 Å². The fourth-order valence-electron chi connectivity index (χ4n) is 3.44. The maximum atomic E-state index is 12.5. The molecule has 0 atom stereocenters. The summed E-state index contributed by atoms with van der Waals surface area (Å²) in [7, 11) is 0. The summed E-state index contributed by atoms with van der Waals surface area (Å²) >= 11 is 0. The van der Waals surface area contributed by atoms with Gasteiger partial charge in [0, 0.05) is 30.0 Å². The molecule has 1 aromatic heterocycles. The van der Waals surface area contributed by atoms with Gasteiger partial charge in [0.25, 0.3) is 5.91 Å². The molecular formula is C18H24N4O2. The molecule has 4 N–H and O–H groups in total. The largest absolute Gasteiger partial charge is 0.369 e. The third kappa shape index (κ3) is 3.59. The first kappa shape index (κ1) is 16.5. The predicted molar refractivity (Wildman–Crippen MR) is 93.9 cm³/mol. The second-order valence-corrected chi connectivity index (χ2v) is 6.72. The number of carbonyl (C=O) groups is 2. The number of carbonyl (C=O) groups excluding carboxylic acids is 2. The Labute approximate surface area is 141 Å². The lowest BCUT2D eigenvalue weighted by Crippen LogP contribution is -2.46. The molecule has 0 radical (unpaired) electrons. The predicted octanol–water partition coefficient (Wildman–Crippen LogP) is 1.46. The number of hydrogen-bond acceptors (Lipinski definition) is 3. The van der Waals surface area contributed by atoms with E-state index in [1.54, 1.807) is 0 Å². The fourth-order valence-corrected chi connectivity index (χ4v) is 3.44. The molecule has 1 fully saturated rings. The van der Waals surface area contributed by atoms with E-state index in [0.717, 1.165) is 36.8 Å². The summed E-state index contributed by atoms with van der Waals surface area (Å²) in [5, 5.41) is 4.18. The van der Waals surface area contributed by atoms with Crippen LogP contribution in [0.1, 0.15) is 34.5 Å². The molecule has 6 nitrogen and oxygen atoms in total. The van der Waals surface area contributed by atoms with E-state index < -0.39 is 0 Å². The zero-order valence-electron chi connectivity index (χ0n) is 14.2. The lowest BCUT2D eigenvalue weighted by atomic mass is 10.0. The number of primary amides is 1. The number of likely N-dealkylation sites (tertiary alicyclic amines) is 1. The van der Waals surface area contributed by atoms with Gasteiger partial charge in [0.1, 0.15) is 5.69 Å². The number of nitrogens with two attached hydrogens (primary N) is 1. The molecule has 0 unspecified atom stereocenters. The van der Waals surface area contributed by atoms with E-state index in [-0.39, 0.29) is 17.9 Å². The van der Waals surface area contributed by atoms with Crippen molar-refractivity contribution in [3.63, 3.8) is 0 Å². The van der Waals surface area contributed by atoms with Crippen molar-refractivity contribution in [2.75, 3.05) is 19.6 Å². The Morgan fingerprint density at radius 1 is 1.25 bits per heavy atom. The van der Waals surface area contributed by atoms with Gasteiger partial charge >= 0.3 is 0 Å². The number of benzene rings is 1. The quantitative estimate of drug-likeness (QED) is 0.793. The Morgan fingerprint density at radius 3 is 2.62 bits per heavy atom. The molecule has 2 aromatic rings. The van der Waals surface area contributed by atoms with Crippen LogP contribution in [0, 0.1) is 13.8 Å². The second-order valence-electron chi connectivity index (χ2n) is 6.72. The van der Waals surface area contributed by atoms with Gasteiger partial charge < -0.3 is 16.0 Å². The van der Waals surface area contributed by atoms with Crippen molar-refractivity contribution >= 4 is 22.7 Å². The van der Waals surface area contributed by atoms with Crippen molar-refractivity contribution in [1.29, 1.82) is 0 Å². The number of aromatic nitrogens is 1. The highest BCUT2D eigenvalue weighted by atomic mass is 16.2. The Kier molecular flexibility index (Phi) is 4.57. The maximum Gasteiger partial charge on any atom is 0.267 e. The normalized spacial score (nSPS) is 16.4. The SMILES string of the molecule is Cc1cc(C)c2cc(C(=O)NC3CCN(CC(N)=O)CC3)[nH]c2c1. The van der Waals surface area contributed by atoms with Crippen molar-refractivity contribution in [3.05, 3.63) is 35.0 Å². The van der Waals surface area contributed by atoms with Gasteiger partial charge in [0.05, 0.1) is 6.54 Å². The Morgan fingerprint density at radius 2 is 1.96 bits per heavy atom. The highest BCUT2D eigenvalue weighted by Gasteiger charge is 2.22. The van der Waals surface area contributed by atoms with Crippen LogP contribution >= 0.6 is 0 Å². The number of fused-ring (bicyclic) bond motifs is 1. The Balaban J connectivity index is 1.64. The Bertz CT molecular complexity index is 773. The van der Waals surface area contributed by atoms with E-state index in [2.05, 4.69) is 29.4 Å². The molecule has 0 saturated carbocycles. The summed E-state index contributed by atoms with van der Waals surface area (Å²) in [5.74, 6) is -0.377. The highest BCUT2D eigenvalue weighted by Crippen LogP contribution is 2.21. The van der Waals surface area contributed by atoms with Crippen molar-refractivity contribution in [2.24, 2.45) is 5.73 Å². The fraction of sp³-hybridized carbons (Fsp3) is 0.444. The van der Waals surface area contributed by atoms with E-state index in [0.29, 0.717) is 12.2 Å². The van der Waals surface area contributed by atoms with Gasteiger partial charge in [0.2, 0.25) is 5.91 Å². The summed E-state index contributed by atoms with van der Waals surface area (Å²) in [5.41, 5.74) is 9.15. The third-order valence-corrected chi connectivity index (χ3v) is 4.64. The van der Waals surface area contributed by atoms with E-state index >= 15 is 0 Å². The topological polar surface area (TPSA) is 91.2 Å². The molecular weight excluding hydrogens is 304 g/mol. The summed E-state index contributed by atoms with van der Waals surface area (Å²) in [4.78, 5) is 28.7. The van der Waals surface area contributed by atoms with Crippen LogP contribution in [0.3, 0.4) is 0 Å². The zero-order valence-corrected chi connectivity index (χ0v) is 14.2. The number of rotatable bonds is 4. The van der Waals surface area contributed by atoms with Crippen LogP contribution in [0.4, 0.5) is 0 Å². The number of piperidine rings is 1. The smallest absolute Gasteiger partial charge is 0.267 e. The molecule has 6 heteroatoms. The van der Waals surface area contributed by atoms with Crippen molar-refractivity contribution in [3.8, 4) is 0 Å². The van der Waals surface area contributed by atoms with Crippen LogP contribution in [0.25, 0.3) is 10.9 Å². The van der Waals surface area contributed by atoms with E-state index in [9.17, 15) is 9.59 Å². The second kappa shape index (κ2) is 6.65. The van der Waals surface area contributed by atoms with Crippen molar-refractivity contribution in [2.45, 2.75) is 32.7 Å². The molecule has 2 heterocycles. The Hall–Kier alpha value is -2.34. The van der Waals surface area contributed by atoms with Gasteiger partial charge in [-0.25, -0.2) is 0 Å². The first-order valence-corrected chi connectivity index (χ1v) is 8.34. The summed E-state index contributed by atoms with van der Waals surface area (Å²) in [6.07, 6.45) is 1.66. The molecule has 128 valence electrons. The van der Waals surface area contributed by atoms with E-state index in [1.165, 1.54) is 11.1 Å². The standard InChI is InChI=1S/C18H24N4O2/c1-11-7-12(2)14-9-16(21-15(14)8-11)18(24)20-13-3-5-22(6-4-13)10-17(19)23/h7-9,13,21H,3-6,10H2,1-2H3,(H2,19,23)(H,20,24). The van der Waals surface area contributed by atoms with Gasteiger partial charge in [-0.1, -0.05) is 6.07 Å². The molecule has 0 spiro atoms. The molecule has 0 bridgehead atoms. The van der Waals surface area contributed by atoms with Gasteiger partial charge in [-0.3, -0.25) is 14.5 Å². The van der Waals surface area contributed by atoms with Crippen molar-refractivity contribution in [1.82, 2.24) is 15.2 Å². The van der Waals surface area contributed by atoms with E-state index in [1.807, 2.05) is 17.9 Å². The summed E-state index contributed by atoms with van der Waals surface area (Å²) in [6.45, 7) is 5.95. The van der Waals surface area contributed by atoms with Crippen LogP contribution in [-0.2, 0) is 4.79 Å². The highest BCUT2D eigenvalue weighted by molar-refractivity contribution is 5.99. The average Bonchev–Trinajstić information content (AvgIpc) is 2.93. The molecule has 1 aliphatic rings. The molecule has 2 amide bonds. The average molecular weight is 328 g/mol. The first-order valence-electron chi connectivity index (χ1n) is 8.34. The number of aryl methyl sites for hydroxylation is 2. The molecule has 3 rings (SSSR count). The van der Waals surface area contributed by atoms with Gasteiger partial charge in [-0.05, 0) is 49.9 Å². The van der Waals surface area contributed by atoms with Crippen LogP contribution < -0.4 is 11.1 Å². The zero-order chi connectivity index (χ0) is 17.3.